The van der Waals surface area contributed by atoms with Gasteiger partial charge < -0.3 is 15.5 Å². The van der Waals surface area contributed by atoms with Gasteiger partial charge >= 0.3 is 0 Å². The molecule has 0 aliphatic carbocycles. The van der Waals surface area contributed by atoms with E-state index in [0.29, 0.717) is 5.88 Å². The van der Waals surface area contributed by atoms with Crippen molar-refractivity contribution < 1.29 is 4.74 Å². The van der Waals surface area contributed by atoms with Crippen LogP contribution >= 0.6 is 0 Å². The van der Waals surface area contributed by atoms with E-state index >= 15 is 0 Å². The van der Waals surface area contributed by atoms with Crippen LogP contribution in [0.1, 0.15) is 0 Å². The van der Waals surface area contributed by atoms with Crippen molar-refractivity contribution in [3.63, 3.8) is 0 Å². The second kappa shape index (κ2) is 4.06. The van der Waals surface area contributed by atoms with Gasteiger partial charge in [-0.05, 0) is 17.7 Å². The highest BCUT2D eigenvalue weighted by molar-refractivity contribution is 5.66. The Morgan fingerprint density at radius 1 is 1.38 bits per heavy atom. The summed E-state index contributed by atoms with van der Waals surface area (Å²) in [4.78, 5) is 17.7. The van der Waals surface area contributed by atoms with Crippen molar-refractivity contribution in [2.75, 3.05) is 12.8 Å². The third-order valence-corrected chi connectivity index (χ3v) is 2.21. The lowest BCUT2D eigenvalue weighted by Crippen LogP contribution is -2.10. The zero-order valence-corrected chi connectivity index (χ0v) is 8.73. The number of methoxy groups -OCH3 is 1. The standard InChI is InChI=1S/C11H11N3O2/c1-16-10-5-7(2-3-13-10)8-4-9(12)11(15)14-6-8/h2-6H,12H2,1H3,(H,14,15). The number of rotatable bonds is 2. The highest BCUT2D eigenvalue weighted by Gasteiger charge is 2.02. The molecule has 0 aliphatic heterocycles. The fraction of sp³-hybridized carbons (Fsp3) is 0.0909. The molecule has 3 N–H and O–H groups in total. The van der Waals surface area contributed by atoms with Crippen LogP contribution in [0.25, 0.3) is 11.1 Å². The second-order valence-corrected chi connectivity index (χ2v) is 3.26. The number of nitrogens with zero attached hydrogens (tertiary/aromatic N) is 1. The number of H-pyrrole nitrogens is 1. The van der Waals surface area contributed by atoms with Crippen LogP contribution in [0.4, 0.5) is 5.69 Å². The van der Waals surface area contributed by atoms with Crippen molar-refractivity contribution >= 4 is 5.69 Å². The molecule has 82 valence electrons. The summed E-state index contributed by atoms with van der Waals surface area (Å²) in [6, 6.07) is 5.20. The Kier molecular flexibility index (Phi) is 2.59. The smallest absolute Gasteiger partial charge is 0.271 e. The number of nitrogens with two attached hydrogens (primary N) is 1. The maximum absolute atomic E-state index is 11.1. The molecule has 2 heterocycles. The van der Waals surface area contributed by atoms with Crippen molar-refractivity contribution in [2.45, 2.75) is 0 Å². The largest absolute Gasteiger partial charge is 0.481 e. The molecule has 0 saturated carbocycles. The summed E-state index contributed by atoms with van der Waals surface area (Å²) in [5.41, 5.74) is 7.14. The first-order valence-electron chi connectivity index (χ1n) is 4.69. The van der Waals surface area contributed by atoms with E-state index in [4.69, 9.17) is 10.5 Å². The molecule has 0 spiro atoms. The van der Waals surface area contributed by atoms with Crippen molar-refractivity contribution in [3.8, 4) is 17.0 Å². The Labute approximate surface area is 91.9 Å². The third-order valence-electron chi connectivity index (χ3n) is 2.21. The average Bonchev–Trinajstić information content (AvgIpc) is 2.33. The molecule has 5 nitrogen and oxygen atoms in total. The summed E-state index contributed by atoms with van der Waals surface area (Å²) in [5.74, 6) is 0.516. The highest BCUT2D eigenvalue weighted by atomic mass is 16.5. The van der Waals surface area contributed by atoms with Crippen molar-refractivity contribution in [3.05, 3.63) is 40.9 Å². The van der Waals surface area contributed by atoms with Gasteiger partial charge in [-0.2, -0.15) is 0 Å². The average molecular weight is 217 g/mol. The SMILES string of the molecule is COc1cc(-c2c[nH]c(=O)c(N)c2)ccn1. The monoisotopic (exact) mass is 217 g/mol. The molecular formula is C11H11N3O2. The Bertz CT molecular complexity index is 563. The molecular weight excluding hydrogens is 206 g/mol. The zero-order valence-electron chi connectivity index (χ0n) is 8.73. The van der Waals surface area contributed by atoms with Crippen LogP contribution in [0.5, 0.6) is 5.88 Å². The van der Waals surface area contributed by atoms with Gasteiger partial charge in [0.2, 0.25) is 5.88 Å². The number of hydrogen-bond acceptors (Lipinski definition) is 4. The summed E-state index contributed by atoms with van der Waals surface area (Å²) in [7, 11) is 1.55. The minimum absolute atomic E-state index is 0.188. The number of hydrogen-bond donors (Lipinski definition) is 2. The van der Waals surface area contributed by atoms with Crippen LogP contribution in [-0.2, 0) is 0 Å². The number of aromatic nitrogens is 2. The van der Waals surface area contributed by atoms with Gasteiger partial charge in [-0.1, -0.05) is 0 Å². The van der Waals surface area contributed by atoms with Crippen LogP contribution in [0.3, 0.4) is 0 Å². The fourth-order valence-corrected chi connectivity index (χ4v) is 1.37. The first-order valence-corrected chi connectivity index (χ1v) is 4.69. The van der Waals surface area contributed by atoms with E-state index in [1.165, 1.54) is 0 Å². The molecule has 0 fully saturated rings. The number of nitrogen functional groups attached to an aromatic ring is 1. The van der Waals surface area contributed by atoms with Crippen molar-refractivity contribution in [1.29, 1.82) is 0 Å². The third kappa shape index (κ3) is 1.88. The summed E-state index contributed by atoms with van der Waals surface area (Å²) in [6.45, 7) is 0. The van der Waals surface area contributed by atoms with E-state index in [9.17, 15) is 4.79 Å². The van der Waals surface area contributed by atoms with E-state index in [2.05, 4.69) is 9.97 Å². The highest BCUT2D eigenvalue weighted by Crippen LogP contribution is 2.21. The molecule has 0 atom stereocenters. The number of nitrogens with one attached hydrogen (secondary N) is 1. The summed E-state index contributed by atoms with van der Waals surface area (Å²) >= 11 is 0. The van der Waals surface area contributed by atoms with Gasteiger partial charge in [-0.3, -0.25) is 4.79 Å². The molecule has 0 saturated heterocycles. The number of pyridine rings is 2. The van der Waals surface area contributed by atoms with Crippen LogP contribution in [0, 0.1) is 0 Å². The molecule has 5 heteroatoms. The lowest BCUT2D eigenvalue weighted by atomic mass is 10.1. The first kappa shape index (κ1) is 10.2. The second-order valence-electron chi connectivity index (χ2n) is 3.26. The predicted octanol–water partition coefficient (Wildman–Crippen LogP) is 1.03. The van der Waals surface area contributed by atoms with Crippen molar-refractivity contribution in [2.24, 2.45) is 0 Å². The Morgan fingerprint density at radius 2 is 2.19 bits per heavy atom. The number of anilines is 1. The molecule has 2 aromatic heterocycles. The summed E-state index contributed by atoms with van der Waals surface area (Å²) in [5, 5.41) is 0. The van der Waals surface area contributed by atoms with Gasteiger partial charge in [0.1, 0.15) is 0 Å². The van der Waals surface area contributed by atoms with Crippen LogP contribution in [0.15, 0.2) is 35.4 Å². The summed E-state index contributed by atoms with van der Waals surface area (Å²) in [6.07, 6.45) is 3.24. The van der Waals surface area contributed by atoms with Gasteiger partial charge in [-0.25, -0.2) is 4.98 Å². The molecule has 2 rings (SSSR count). The van der Waals surface area contributed by atoms with Gasteiger partial charge in [0.05, 0.1) is 12.8 Å². The van der Waals surface area contributed by atoms with Gasteiger partial charge in [0, 0.05) is 24.0 Å². The van der Waals surface area contributed by atoms with Gasteiger partial charge in [-0.15, -0.1) is 0 Å². The normalized spacial score (nSPS) is 10.1. The Morgan fingerprint density at radius 3 is 2.88 bits per heavy atom. The van der Waals surface area contributed by atoms with Gasteiger partial charge in [0.25, 0.3) is 5.56 Å². The van der Waals surface area contributed by atoms with Crippen LogP contribution in [-0.4, -0.2) is 17.1 Å². The van der Waals surface area contributed by atoms with E-state index in [1.54, 1.807) is 31.6 Å². The van der Waals surface area contributed by atoms with E-state index in [-0.39, 0.29) is 11.2 Å². The molecule has 0 aliphatic rings. The molecule has 16 heavy (non-hydrogen) atoms. The summed E-state index contributed by atoms with van der Waals surface area (Å²) < 4.78 is 5.02. The lowest BCUT2D eigenvalue weighted by Gasteiger charge is -2.04. The van der Waals surface area contributed by atoms with Gasteiger partial charge in [0.15, 0.2) is 0 Å². The lowest BCUT2D eigenvalue weighted by molar-refractivity contribution is 0.398. The molecule has 0 radical (unpaired) electrons. The maximum Gasteiger partial charge on any atom is 0.271 e. The number of aromatic amines is 1. The maximum atomic E-state index is 11.1. The minimum Gasteiger partial charge on any atom is -0.481 e. The van der Waals surface area contributed by atoms with E-state index in [0.717, 1.165) is 11.1 Å². The van der Waals surface area contributed by atoms with Crippen molar-refractivity contribution in [1.82, 2.24) is 9.97 Å². The zero-order chi connectivity index (χ0) is 11.5. The van der Waals surface area contributed by atoms with Crippen LogP contribution < -0.4 is 16.0 Å². The fourth-order valence-electron chi connectivity index (χ4n) is 1.37. The Balaban J connectivity index is 2.50. The number of ether oxygens (including phenoxy) is 1. The molecule has 0 aromatic carbocycles. The van der Waals surface area contributed by atoms with E-state index < -0.39 is 0 Å². The predicted molar refractivity (Wildman–Crippen MR) is 61.3 cm³/mol. The molecule has 0 unspecified atom stereocenters. The molecule has 0 bridgehead atoms. The molecule has 2 aromatic rings. The quantitative estimate of drug-likeness (QED) is 0.787. The van der Waals surface area contributed by atoms with E-state index in [1.807, 2.05) is 6.07 Å². The first-order chi connectivity index (χ1) is 7.70. The topological polar surface area (TPSA) is 81.0 Å². The minimum atomic E-state index is -0.287. The Hall–Kier alpha value is -2.30. The molecule has 0 amide bonds. The van der Waals surface area contributed by atoms with Crippen LogP contribution in [0.2, 0.25) is 0 Å².